The maximum atomic E-state index is 5.21. The second kappa shape index (κ2) is 11.9. The Morgan fingerprint density at radius 2 is 0.863 bits per heavy atom. The van der Waals surface area contributed by atoms with Gasteiger partial charge in [0.05, 0.1) is 11.0 Å². The molecule has 0 saturated heterocycles. The maximum Gasteiger partial charge on any atom is 0.164 e. The van der Waals surface area contributed by atoms with Crippen molar-refractivity contribution >= 4 is 43.4 Å². The van der Waals surface area contributed by atoms with E-state index in [0.29, 0.717) is 17.5 Å². The number of hydrogen-bond donors (Lipinski definition) is 0. The maximum absolute atomic E-state index is 5.21. The molecule has 0 bridgehead atoms. The van der Waals surface area contributed by atoms with Gasteiger partial charge in [-0.2, -0.15) is 0 Å². The smallest absolute Gasteiger partial charge is 0.164 e. The van der Waals surface area contributed by atoms with Gasteiger partial charge in [0.2, 0.25) is 0 Å². The first kappa shape index (κ1) is 29.0. The van der Waals surface area contributed by atoms with E-state index in [1.165, 1.54) is 38.2 Å². The highest BCUT2D eigenvalue weighted by molar-refractivity contribution is 6.13. The van der Waals surface area contributed by atoms with E-state index in [1.807, 2.05) is 18.2 Å². The van der Waals surface area contributed by atoms with E-state index < -0.39 is 0 Å². The van der Waals surface area contributed by atoms with Crippen molar-refractivity contribution in [2.75, 3.05) is 0 Å². The van der Waals surface area contributed by atoms with Crippen LogP contribution in [0.5, 0.6) is 0 Å². The van der Waals surface area contributed by atoms with Crippen molar-refractivity contribution in [3.05, 3.63) is 182 Å². The Bertz CT molecular complexity index is 2910. The minimum Gasteiger partial charge on any atom is -0.309 e. The molecule has 0 atom stereocenters. The highest BCUT2D eigenvalue weighted by Gasteiger charge is 2.18. The molecule has 4 heteroatoms. The molecule has 10 aromatic rings. The lowest BCUT2D eigenvalue weighted by Gasteiger charge is -2.14. The first-order valence-electron chi connectivity index (χ1n) is 17.2. The predicted molar refractivity (Wildman–Crippen MR) is 211 cm³/mol. The van der Waals surface area contributed by atoms with Crippen molar-refractivity contribution < 1.29 is 0 Å². The lowest BCUT2D eigenvalue weighted by atomic mass is 9.95. The molecule has 0 aliphatic heterocycles. The Kier molecular flexibility index (Phi) is 6.78. The van der Waals surface area contributed by atoms with E-state index >= 15 is 0 Å². The topological polar surface area (TPSA) is 43.6 Å². The fourth-order valence-corrected chi connectivity index (χ4v) is 7.42. The molecule has 0 saturated carbocycles. The molecule has 0 spiro atoms. The first-order valence-corrected chi connectivity index (χ1v) is 17.2. The molecule has 0 aliphatic carbocycles. The number of para-hydroxylation sites is 1. The van der Waals surface area contributed by atoms with Gasteiger partial charge in [-0.15, -0.1) is 0 Å². The van der Waals surface area contributed by atoms with Crippen molar-refractivity contribution in [1.82, 2.24) is 19.5 Å². The van der Waals surface area contributed by atoms with E-state index in [9.17, 15) is 0 Å². The summed E-state index contributed by atoms with van der Waals surface area (Å²) in [6, 6.07) is 63.9. The summed E-state index contributed by atoms with van der Waals surface area (Å²) in [6.45, 7) is 0. The zero-order chi connectivity index (χ0) is 33.7. The van der Waals surface area contributed by atoms with Crippen LogP contribution in [-0.4, -0.2) is 19.5 Å². The molecule has 2 aromatic heterocycles. The molecule has 0 aliphatic rings. The fourth-order valence-electron chi connectivity index (χ4n) is 7.42. The average Bonchev–Trinajstić information content (AvgIpc) is 3.53. The van der Waals surface area contributed by atoms with Crippen molar-refractivity contribution in [2.24, 2.45) is 0 Å². The van der Waals surface area contributed by atoms with Gasteiger partial charge in [-0.1, -0.05) is 146 Å². The Morgan fingerprint density at radius 1 is 0.314 bits per heavy atom. The minimum absolute atomic E-state index is 0.628. The van der Waals surface area contributed by atoms with Gasteiger partial charge in [0.1, 0.15) is 0 Å². The fraction of sp³-hybridized carbons (Fsp3) is 0. The molecular weight excluding hydrogens is 621 g/mol. The standard InChI is InChI=1S/C47H30N4/c1-3-14-31(15-4-1)37-26-27-41(39-23-10-9-22-38(37)39)47-49-45(32-16-5-2-6-17-32)48-46(50-47)35-20-13-21-36(28-35)51-43-25-12-11-24-40(43)42-29-33-18-7-8-19-34(33)30-44(42)51/h1-30H. The van der Waals surface area contributed by atoms with Gasteiger partial charge in [-0.25, -0.2) is 15.0 Å². The third-order valence-corrected chi connectivity index (χ3v) is 9.82. The summed E-state index contributed by atoms with van der Waals surface area (Å²) in [5.41, 5.74) is 8.56. The van der Waals surface area contributed by atoms with Crippen molar-refractivity contribution in [1.29, 1.82) is 0 Å². The number of fused-ring (bicyclic) bond motifs is 5. The zero-order valence-electron chi connectivity index (χ0n) is 27.6. The average molecular weight is 651 g/mol. The predicted octanol–water partition coefficient (Wildman–Crippen LogP) is 11.9. The molecule has 0 unspecified atom stereocenters. The quantitative estimate of drug-likeness (QED) is 0.186. The summed E-state index contributed by atoms with van der Waals surface area (Å²) < 4.78 is 2.36. The van der Waals surface area contributed by atoms with E-state index in [4.69, 9.17) is 15.0 Å². The Labute approximate surface area is 295 Å². The molecular formula is C47H30N4. The largest absolute Gasteiger partial charge is 0.309 e. The summed E-state index contributed by atoms with van der Waals surface area (Å²) in [7, 11) is 0. The van der Waals surface area contributed by atoms with Gasteiger partial charge in [0.25, 0.3) is 0 Å². The highest BCUT2D eigenvalue weighted by Crippen LogP contribution is 2.38. The normalized spacial score (nSPS) is 11.5. The van der Waals surface area contributed by atoms with E-state index in [-0.39, 0.29) is 0 Å². The summed E-state index contributed by atoms with van der Waals surface area (Å²) >= 11 is 0. The van der Waals surface area contributed by atoms with Gasteiger partial charge >= 0.3 is 0 Å². The number of benzene rings is 8. The zero-order valence-corrected chi connectivity index (χ0v) is 27.6. The van der Waals surface area contributed by atoms with Crippen molar-refractivity contribution in [3.63, 3.8) is 0 Å². The van der Waals surface area contributed by atoms with Gasteiger partial charge in [-0.05, 0) is 69.1 Å². The molecule has 238 valence electrons. The van der Waals surface area contributed by atoms with Crippen LogP contribution >= 0.6 is 0 Å². The molecule has 10 rings (SSSR count). The van der Waals surface area contributed by atoms with Gasteiger partial charge in [0, 0.05) is 33.2 Å². The van der Waals surface area contributed by atoms with Gasteiger partial charge in [0.15, 0.2) is 17.5 Å². The Balaban J connectivity index is 1.18. The van der Waals surface area contributed by atoms with Gasteiger partial charge < -0.3 is 4.57 Å². The van der Waals surface area contributed by atoms with E-state index in [0.717, 1.165) is 38.7 Å². The summed E-state index contributed by atoms with van der Waals surface area (Å²) in [5.74, 6) is 1.91. The molecule has 0 radical (unpaired) electrons. The molecule has 2 heterocycles. The van der Waals surface area contributed by atoms with Crippen LogP contribution in [0.1, 0.15) is 0 Å². The minimum atomic E-state index is 0.628. The molecule has 4 nitrogen and oxygen atoms in total. The van der Waals surface area contributed by atoms with Crippen LogP contribution < -0.4 is 0 Å². The second-order valence-electron chi connectivity index (χ2n) is 12.9. The summed E-state index contributed by atoms with van der Waals surface area (Å²) in [4.78, 5) is 15.4. The van der Waals surface area contributed by atoms with Crippen LogP contribution in [0.3, 0.4) is 0 Å². The third-order valence-electron chi connectivity index (χ3n) is 9.82. The molecule has 0 fully saturated rings. The van der Waals surface area contributed by atoms with Gasteiger partial charge in [-0.3, -0.25) is 0 Å². The van der Waals surface area contributed by atoms with Crippen LogP contribution in [0, 0.1) is 0 Å². The molecule has 0 amide bonds. The SMILES string of the molecule is c1ccc(-c2nc(-c3cccc(-n4c5ccccc5c5cc6ccccc6cc54)c3)nc(-c3ccc(-c4ccccc4)c4ccccc34)n2)cc1. The molecule has 8 aromatic carbocycles. The lowest BCUT2D eigenvalue weighted by Crippen LogP contribution is -2.01. The second-order valence-corrected chi connectivity index (χ2v) is 12.9. The third kappa shape index (κ3) is 4.96. The monoisotopic (exact) mass is 650 g/mol. The molecule has 51 heavy (non-hydrogen) atoms. The van der Waals surface area contributed by atoms with Crippen LogP contribution in [0.2, 0.25) is 0 Å². The Morgan fingerprint density at radius 3 is 1.63 bits per heavy atom. The van der Waals surface area contributed by atoms with Crippen LogP contribution in [0.25, 0.3) is 94.3 Å². The first-order chi connectivity index (χ1) is 25.3. The van der Waals surface area contributed by atoms with Crippen LogP contribution in [0.15, 0.2) is 182 Å². The van der Waals surface area contributed by atoms with E-state index in [1.54, 1.807) is 0 Å². The van der Waals surface area contributed by atoms with Crippen molar-refractivity contribution in [3.8, 4) is 51.0 Å². The number of hydrogen-bond acceptors (Lipinski definition) is 3. The Hall–Kier alpha value is -6.91. The number of rotatable bonds is 5. The van der Waals surface area contributed by atoms with Crippen molar-refractivity contribution in [2.45, 2.75) is 0 Å². The lowest BCUT2D eigenvalue weighted by molar-refractivity contribution is 1.07. The molecule has 0 N–H and O–H groups in total. The highest BCUT2D eigenvalue weighted by atomic mass is 15.0. The number of nitrogens with zero attached hydrogens (tertiary/aromatic N) is 4. The van der Waals surface area contributed by atoms with E-state index in [2.05, 4.69) is 168 Å². The number of aromatic nitrogens is 4. The summed E-state index contributed by atoms with van der Waals surface area (Å²) in [6.07, 6.45) is 0. The van der Waals surface area contributed by atoms with Crippen LogP contribution in [0.4, 0.5) is 0 Å². The summed E-state index contributed by atoms with van der Waals surface area (Å²) in [5, 5.41) is 7.16. The van der Waals surface area contributed by atoms with Crippen LogP contribution in [-0.2, 0) is 0 Å².